The zero-order valence-corrected chi connectivity index (χ0v) is 19.2. The molecule has 0 atom stereocenters. The molecule has 0 aromatic heterocycles. The number of rotatable bonds is 6. The number of hydrogen-bond donors (Lipinski definition) is 0. The molecule has 158 valence electrons. The van der Waals surface area contributed by atoms with E-state index in [1.54, 1.807) is 0 Å². The van der Waals surface area contributed by atoms with Gasteiger partial charge in [0, 0.05) is 42.6 Å². The van der Waals surface area contributed by atoms with Gasteiger partial charge in [0.25, 0.3) is 0 Å². The summed E-state index contributed by atoms with van der Waals surface area (Å²) in [5.74, 6) is 0.283. The third-order valence-corrected chi connectivity index (χ3v) is 5.65. The number of carbonyl (C=O) groups excluding carboxylic acids is 1. The molecule has 3 rings (SSSR count). The average molecular weight is 435 g/mol. The van der Waals surface area contributed by atoms with Crippen LogP contribution in [0, 0.1) is 0 Å². The Morgan fingerprint density at radius 3 is 1.72 bits per heavy atom. The van der Waals surface area contributed by atoms with Crippen molar-refractivity contribution < 1.29 is 4.79 Å². The van der Waals surface area contributed by atoms with Crippen LogP contribution >= 0.6 is 23.2 Å². The lowest BCUT2D eigenvalue weighted by atomic mass is 9.96. The molecule has 2 aromatic rings. The van der Waals surface area contributed by atoms with E-state index in [0.717, 1.165) is 49.1 Å². The van der Waals surface area contributed by atoms with Crippen LogP contribution < -0.4 is 0 Å². The molecule has 1 amide bonds. The molecule has 2 aromatic carbocycles. The molecule has 0 aliphatic carbocycles. The Labute approximate surface area is 185 Å². The number of amides is 1. The van der Waals surface area contributed by atoms with E-state index in [9.17, 15) is 4.79 Å². The number of carbonyl (C=O) groups is 1. The zero-order valence-electron chi connectivity index (χ0n) is 17.7. The van der Waals surface area contributed by atoms with Gasteiger partial charge in [-0.3, -0.25) is 9.69 Å². The summed E-state index contributed by atoms with van der Waals surface area (Å²) in [7, 11) is 0. The van der Waals surface area contributed by atoms with Crippen molar-refractivity contribution in [2.45, 2.75) is 46.1 Å². The molecule has 0 bridgehead atoms. The van der Waals surface area contributed by atoms with Gasteiger partial charge < -0.3 is 4.90 Å². The number of piperazine rings is 1. The van der Waals surface area contributed by atoms with E-state index < -0.39 is 0 Å². The average Bonchev–Trinajstić information content (AvgIpc) is 2.77. The Balaban J connectivity index is 0.00000145. The molecule has 0 spiro atoms. The van der Waals surface area contributed by atoms with Gasteiger partial charge in [-0.15, -0.1) is 0 Å². The maximum atomic E-state index is 12.3. The van der Waals surface area contributed by atoms with Gasteiger partial charge in [0.1, 0.15) is 0 Å². The molecular weight excluding hydrogens is 403 g/mol. The van der Waals surface area contributed by atoms with Crippen LogP contribution in [0.5, 0.6) is 0 Å². The monoisotopic (exact) mass is 434 g/mol. The first-order chi connectivity index (χ1) is 14.1. The first-order valence-corrected chi connectivity index (χ1v) is 11.4. The SMILES string of the molecule is CC.CCCCC(=O)N1CCN(C(c2ccc(Cl)cc2)c2ccc(Cl)cc2)CC1. The Morgan fingerprint density at radius 1 is 0.862 bits per heavy atom. The van der Waals surface area contributed by atoms with Crippen molar-refractivity contribution >= 4 is 29.1 Å². The van der Waals surface area contributed by atoms with Crippen molar-refractivity contribution in [3.63, 3.8) is 0 Å². The lowest BCUT2D eigenvalue weighted by molar-refractivity contribution is -0.133. The fraction of sp³-hybridized carbons (Fsp3) is 0.458. The predicted octanol–water partition coefficient (Wildman–Crippen LogP) is 6.44. The van der Waals surface area contributed by atoms with Crippen molar-refractivity contribution in [2.24, 2.45) is 0 Å². The summed E-state index contributed by atoms with van der Waals surface area (Å²) in [5.41, 5.74) is 2.40. The smallest absolute Gasteiger partial charge is 0.222 e. The number of halogens is 2. The van der Waals surface area contributed by atoms with Crippen molar-refractivity contribution in [1.82, 2.24) is 9.80 Å². The molecule has 0 radical (unpaired) electrons. The van der Waals surface area contributed by atoms with Gasteiger partial charge in [-0.25, -0.2) is 0 Å². The molecule has 1 fully saturated rings. The second kappa shape index (κ2) is 12.2. The van der Waals surface area contributed by atoms with E-state index in [2.05, 4.69) is 36.1 Å². The molecule has 29 heavy (non-hydrogen) atoms. The fourth-order valence-electron chi connectivity index (χ4n) is 3.62. The Bertz CT molecular complexity index is 693. The van der Waals surface area contributed by atoms with Gasteiger partial charge in [0.2, 0.25) is 5.91 Å². The summed E-state index contributed by atoms with van der Waals surface area (Å²) in [6.45, 7) is 9.38. The number of unbranched alkanes of at least 4 members (excludes halogenated alkanes) is 1. The van der Waals surface area contributed by atoms with Gasteiger partial charge in [-0.05, 0) is 41.8 Å². The summed E-state index contributed by atoms with van der Waals surface area (Å²) in [4.78, 5) is 16.8. The third kappa shape index (κ3) is 6.74. The standard InChI is InChI=1S/C22H26Cl2N2O.C2H6/c1-2-3-4-21(27)25-13-15-26(16-14-25)22(17-5-9-19(23)10-6-17)18-7-11-20(24)12-8-18;1-2/h5-12,22H,2-4,13-16H2,1H3;1-2H3. The first kappa shape index (κ1) is 23.7. The molecule has 5 heteroatoms. The summed E-state index contributed by atoms with van der Waals surface area (Å²) >= 11 is 12.2. The van der Waals surface area contributed by atoms with Crippen LogP contribution in [-0.2, 0) is 4.79 Å². The minimum Gasteiger partial charge on any atom is -0.340 e. The minimum atomic E-state index is 0.132. The molecule has 1 saturated heterocycles. The highest BCUT2D eigenvalue weighted by molar-refractivity contribution is 6.30. The summed E-state index contributed by atoms with van der Waals surface area (Å²) in [6.07, 6.45) is 2.69. The molecule has 0 unspecified atom stereocenters. The highest BCUT2D eigenvalue weighted by Crippen LogP contribution is 2.31. The quantitative estimate of drug-likeness (QED) is 0.521. The van der Waals surface area contributed by atoms with Crippen molar-refractivity contribution in [1.29, 1.82) is 0 Å². The Kier molecular flexibility index (Phi) is 9.99. The summed E-state index contributed by atoms with van der Waals surface area (Å²) in [6, 6.07) is 16.2. The molecular formula is C24H32Cl2N2O. The predicted molar refractivity (Wildman–Crippen MR) is 124 cm³/mol. The van der Waals surface area contributed by atoms with E-state index in [0.29, 0.717) is 6.42 Å². The van der Waals surface area contributed by atoms with Crippen LogP contribution in [0.3, 0.4) is 0 Å². The maximum absolute atomic E-state index is 12.3. The molecule has 0 N–H and O–H groups in total. The van der Waals surface area contributed by atoms with Crippen molar-refractivity contribution in [3.05, 3.63) is 69.7 Å². The second-order valence-corrected chi connectivity index (χ2v) is 7.90. The van der Waals surface area contributed by atoms with Crippen molar-refractivity contribution in [2.75, 3.05) is 26.2 Å². The first-order valence-electron chi connectivity index (χ1n) is 10.6. The summed E-state index contributed by atoms with van der Waals surface area (Å²) in [5, 5.41) is 1.47. The van der Waals surface area contributed by atoms with Crippen LogP contribution in [0.15, 0.2) is 48.5 Å². The molecule has 1 aliphatic rings. The van der Waals surface area contributed by atoms with E-state index >= 15 is 0 Å². The zero-order chi connectivity index (χ0) is 21.2. The molecule has 1 heterocycles. The second-order valence-electron chi connectivity index (χ2n) is 7.03. The van der Waals surface area contributed by atoms with Gasteiger partial charge >= 0.3 is 0 Å². The topological polar surface area (TPSA) is 23.6 Å². The number of nitrogens with zero attached hydrogens (tertiary/aromatic N) is 2. The van der Waals surface area contributed by atoms with Crippen LogP contribution in [0.25, 0.3) is 0 Å². The van der Waals surface area contributed by atoms with E-state index in [-0.39, 0.29) is 11.9 Å². The Hall–Kier alpha value is -1.55. The lowest BCUT2D eigenvalue weighted by Gasteiger charge is -2.40. The lowest BCUT2D eigenvalue weighted by Crippen LogP contribution is -2.49. The van der Waals surface area contributed by atoms with Crippen LogP contribution in [0.1, 0.15) is 57.2 Å². The highest BCUT2D eigenvalue weighted by Gasteiger charge is 2.28. The normalized spacial score (nSPS) is 14.5. The maximum Gasteiger partial charge on any atom is 0.222 e. The minimum absolute atomic E-state index is 0.132. The van der Waals surface area contributed by atoms with Crippen LogP contribution in [0.4, 0.5) is 0 Å². The van der Waals surface area contributed by atoms with Gasteiger partial charge in [-0.2, -0.15) is 0 Å². The van der Waals surface area contributed by atoms with Crippen LogP contribution in [-0.4, -0.2) is 41.9 Å². The van der Waals surface area contributed by atoms with Crippen LogP contribution in [0.2, 0.25) is 10.0 Å². The van der Waals surface area contributed by atoms with E-state index in [1.807, 2.05) is 43.0 Å². The largest absolute Gasteiger partial charge is 0.340 e. The summed E-state index contributed by atoms with van der Waals surface area (Å²) < 4.78 is 0. The fourth-order valence-corrected chi connectivity index (χ4v) is 3.87. The molecule has 0 saturated carbocycles. The van der Waals surface area contributed by atoms with E-state index in [1.165, 1.54) is 11.1 Å². The Morgan fingerprint density at radius 2 is 1.31 bits per heavy atom. The molecule has 3 nitrogen and oxygen atoms in total. The number of hydrogen-bond acceptors (Lipinski definition) is 2. The van der Waals surface area contributed by atoms with Crippen molar-refractivity contribution in [3.8, 4) is 0 Å². The van der Waals surface area contributed by atoms with E-state index in [4.69, 9.17) is 23.2 Å². The van der Waals surface area contributed by atoms with Gasteiger partial charge in [-0.1, -0.05) is 74.7 Å². The van der Waals surface area contributed by atoms with Gasteiger partial charge in [0.05, 0.1) is 6.04 Å². The van der Waals surface area contributed by atoms with Gasteiger partial charge in [0.15, 0.2) is 0 Å². The highest BCUT2D eigenvalue weighted by atomic mass is 35.5. The number of benzene rings is 2. The third-order valence-electron chi connectivity index (χ3n) is 5.15. The molecule has 1 aliphatic heterocycles.